The van der Waals surface area contributed by atoms with E-state index >= 15 is 0 Å². The maximum Gasteiger partial charge on any atom is 0.227 e. The highest BCUT2D eigenvalue weighted by molar-refractivity contribution is 8.00. The van der Waals surface area contributed by atoms with Gasteiger partial charge in [0, 0.05) is 5.75 Å². The molecule has 0 aromatic heterocycles. The Morgan fingerprint density at radius 3 is 3.00 bits per heavy atom. The number of rotatable bonds is 4. The molecule has 0 bridgehead atoms. The number of ether oxygens (including phenoxy) is 1. The summed E-state index contributed by atoms with van der Waals surface area (Å²) in [5.41, 5.74) is 4.90. The largest absolute Gasteiger partial charge is 0.372 e. The minimum Gasteiger partial charge on any atom is -0.372 e. The second-order valence-corrected chi connectivity index (χ2v) is 2.97. The standard InChI is InChI=1S/C5H9NO2S/c6-5(7)3-9-2-4-1-8-4/h4H,1-3H2,(H2,6,7)/t4-/m0/s1. The maximum atomic E-state index is 10.2. The van der Waals surface area contributed by atoms with Gasteiger partial charge < -0.3 is 10.5 Å². The highest BCUT2D eigenvalue weighted by atomic mass is 32.2. The van der Waals surface area contributed by atoms with Gasteiger partial charge in [-0.15, -0.1) is 11.8 Å². The molecule has 52 valence electrons. The third kappa shape index (κ3) is 3.37. The number of carbonyl (C=O) groups is 1. The van der Waals surface area contributed by atoms with Crippen LogP contribution in [-0.2, 0) is 9.53 Å². The number of nitrogens with two attached hydrogens (primary N) is 1. The Hall–Kier alpha value is -0.220. The van der Waals surface area contributed by atoms with E-state index in [1.165, 1.54) is 11.8 Å². The molecule has 1 rings (SSSR count). The van der Waals surface area contributed by atoms with Gasteiger partial charge in [-0.1, -0.05) is 0 Å². The molecular weight excluding hydrogens is 138 g/mol. The van der Waals surface area contributed by atoms with Crippen molar-refractivity contribution >= 4 is 17.7 Å². The van der Waals surface area contributed by atoms with Crippen molar-refractivity contribution in [3.8, 4) is 0 Å². The van der Waals surface area contributed by atoms with E-state index in [1.807, 2.05) is 0 Å². The van der Waals surface area contributed by atoms with Gasteiger partial charge in [0.1, 0.15) is 0 Å². The number of amides is 1. The van der Waals surface area contributed by atoms with Gasteiger partial charge in [-0.25, -0.2) is 0 Å². The summed E-state index contributed by atoms with van der Waals surface area (Å²) in [4.78, 5) is 10.2. The fourth-order valence-corrected chi connectivity index (χ4v) is 1.23. The van der Waals surface area contributed by atoms with E-state index in [-0.39, 0.29) is 5.91 Å². The molecule has 1 amide bonds. The Labute approximate surface area is 57.9 Å². The fourth-order valence-electron chi connectivity index (χ4n) is 0.455. The van der Waals surface area contributed by atoms with Gasteiger partial charge in [0.25, 0.3) is 0 Å². The van der Waals surface area contributed by atoms with Crippen molar-refractivity contribution < 1.29 is 9.53 Å². The molecule has 0 radical (unpaired) electrons. The molecule has 1 aliphatic heterocycles. The number of hydrogen-bond donors (Lipinski definition) is 1. The predicted molar refractivity (Wildman–Crippen MR) is 36.3 cm³/mol. The van der Waals surface area contributed by atoms with Crippen molar-refractivity contribution in [1.82, 2.24) is 0 Å². The molecule has 0 aromatic carbocycles. The van der Waals surface area contributed by atoms with Crippen LogP contribution in [0.15, 0.2) is 0 Å². The topological polar surface area (TPSA) is 55.6 Å². The van der Waals surface area contributed by atoms with Crippen LogP contribution < -0.4 is 5.73 Å². The maximum absolute atomic E-state index is 10.2. The van der Waals surface area contributed by atoms with E-state index in [1.54, 1.807) is 0 Å². The molecule has 0 aromatic rings. The van der Waals surface area contributed by atoms with Crippen molar-refractivity contribution in [2.24, 2.45) is 5.73 Å². The van der Waals surface area contributed by atoms with Gasteiger partial charge in [-0.3, -0.25) is 4.79 Å². The van der Waals surface area contributed by atoms with E-state index in [0.717, 1.165) is 12.4 Å². The molecule has 0 spiro atoms. The van der Waals surface area contributed by atoms with E-state index in [2.05, 4.69) is 0 Å². The zero-order valence-corrected chi connectivity index (χ0v) is 5.82. The summed E-state index contributed by atoms with van der Waals surface area (Å²) in [7, 11) is 0. The monoisotopic (exact) mass is 147 g/mol. The molecule has 1 aliphatic rings. The average molecular weight is 147 g/mol. The van der Waals surface area contributed by atoms with Gasteiger partial charge in [-0.2, -0.15) is 0 Å². The molecule has 4 heteroatoms. The van der Waals surface area contributed by atoms with Gasteiger partial charge in [-0.05, 0) is 0 Å². The summed E-state index contributed by atoms with van der Waals surface area (Å²) < 4.78 is 4.92. The number of thioether (sulfide) groups is 1. The van der Waals surface area contributed by atoms with Crippen LogP contribution >= 0.6 is 11.8 Å². The first-order valence-electron chi connectivity index (χ1n) is 2.76. The molecule has 0 saturated carbocycles. The number of epoxide rings is 1. The molecule has 9 heavy (non-hydrogen) atoms. The molecular formula is C5H9NO2S. The Balaban J connectivity index is 1.86. The normalized spacial score (nSPS) is 23.8. The smallest absolute Gasteiger partial charge is 0.227 e. The van der Waals surface area contributed by atoms with Crippen molar-refractivity contribution in [2.75, 3.05) is 18.1 Å². The van der Waals surface area contributed by atoms with Crippen LogP contribution in [0, 0.1) is 0 Å². The van der Waals surface area contributed by atoms with E-state index in [4.69, 9.17) is 10.5 Å². The van der Waals surface area contributed by atoms with Crippen LogP contribution in [0.1, 0.15) is 0 Å². The zero-order chi connectivity index (χ0) is 6.69. The van der Waals surface area contributed by atoms with Crippen molar-refractivity contribution in [2.45, 2.75) is 6.10 Å². The minimum atomic E-state index is -0.249. The first-order chi connectivity index (χ1) is 4.29. The first kappa shape index (κ1) is 6.89. The third-order valence-corrected chi connectivity index (χ3v) is 2.05. The van der Waals surface area contributed by atoms with Crippen LogP contribution in [0.2, 0.25) is 0 Å². The van der Waals surface area contributed by atoms with Gasteiger partial charge in [0.2, 0.25) is 5.91 Å². The molecule has 1 saturated heterocycles. The summed E-state index contributed by atoms with van der Waals surface area (Å²) in [6.07, 6.45) is 0.398. The van der Waals surface area contributed by atoms with Crippen molar-refractivity contribution in [3.63, 3.8) is 0 Å². The van der Waals surface area contributed by atoms with Gasteiger partial charge >= 0.3 is 0 Å². The highest BCUT2D eigenvalue weighted by Crippen LogP contribution is 2.14. The summed E-state index contributed by atoms with van der Waals surface area (Å²) in [6.45, 7) is 0.853. The summed E-state index contributed by atoms with van der Waals surface area (Å²) in [5.74, 6) is 1.07. The predicted octanol–water partition coefficient (Wildman–Crippen LogP) is -0.396. The van der Waals surface area contributed by atoms with E-state index in [9.17, 15) is 4.79 Å². The summed E-state index contributed by atoms with van der Waals surface area (Å²) in [5, 5.41) is 0. The van der Waals surface area contributed by atoms with Crippen molar-refractivity contribution in [3.05, 3.63) is 0 Å². The second kappa shape index (κ2) is 3.08. The molecule has 3 nitrogen and oxygen atoms in total. The SMILES string of the molecule is NC(=O)CSC[C@@H]1CO1. The lowest BCUT2D eigenvalue weighted by Crippen LogP contribution is -2.13. The Bertz CT molecular complexity index is 114. The van der Waals surface area contributed by atoms with Crippen LogP contribution in [0.3, 0.4) is 0 Å². The van der Waals surface area contributed by atoms with E-state index < -0.39 is 0 Å². The fraction of sp³-hybridized carbons (Fsp3) is 0.800. The van der Waals surface area contributed by atoms with Crippen molar-refractivity contribution in [1.29, 1.82) is 0 Å². The lowest BCUT2D eigenvalue weighted by Gasteiger charge is -1.91. The third-order valence-electron chi connectivity index (χ3n) is 0.950. The van der Waals surface area contributed by atoms with Crippen LogP contribution in [0.5, 0.6) is 0 Å². The Morgan fingerprint density at radius 2 is 2.56 bits per heavy atom. The molecule has 1 fully saturated rings. The second-order valence-electron chi connectivity index (χ2n) is 1.94. The lowest BCUT2D eigenvalue weighted by molar-refractivity contribution is -0.115. The zero-order valence-electron chi connectivity index (χ0n) is 5.00. The minimum absolute atomic E-state index is 0.249. The Kier molecular flexibility index (Phi) is 2.36. The summed E-state index contributed by atoms with van der Waals surface area (Å²) in [6, 6.07) is 0. The number of carbonyl (C=O) groups excluding carboxylic acids is 1. The van der Waals surface area contributed by atoms with Crippen LogP contribution in [0.4, 0.5) is 0 Å². The highest BCUT2D eigenvalue weighted by Gasteiger charge is 2.21. The lowest BCUT2D eigenvalue weighted by atomic mass is 10.6. The molecule has 2 N–H and O–H groups in total. The summed E-state index contributed by atoms with van der Waals surface area (Å²) >= 11 is 1.53. The number of primary amides is 1. The molecule has 1 atom stereocenters. The molecule has 0 aliphatic carbocycles. The van der Waals surface area contributed by atoms with Gasteiger partial charge in [0.15, 0.2) is 0 Å². The number of hydrogen-bond acceptors (Lipinski definition) is 3. The van der Waals surface area contributed by atoms with Gasteiger partial charge in [0.05, 0.1) is 18.5 Å². The molecule has 0 unspecified atom stereocenters. The van der Waals surface area contributed by atoms with Crippen LogP contribution in [-0.4, -0.2) is 30.1 Å². The molecule has 1 heterocycles. The quantitative estimate of drug-likeness (QED) is 0.551. The van der Waals surface area contributed by atoms with E-state index in [0.29, 0.717) is 11.9 Å². The average Bonchev–Trinajstić information content (AvgIpc) is 2.48. The van der Waals surface area contributed by atoms with Crippen LogP contribution in [0.25, 0.3) is 0 Å². The Morgan fingerprint density at radius 1 is 1.89 bits per heavy atom. The first-order valence-corrected chi connectivity index (χ1v) is 3.92.